The first-order valence-corrected chi connectivity index (χ1v) is 9.03. The molecule has 5 nitrogen and oxygen atoms in total. The zero-order valence-electron chi connectivity index (χ0n) is 16.0. The number of ether oxygens (including phenoxy) is 3. The maximum Gasteiger partial charge on any atom is 0.203 e. The maximum absolute atomic E-state index is 5.79. The van der Waals surface area contributed by atoms with E-state index in [0.29, 0.717) is 17.7 Å². The third kappa shape index (κ3) is 4.69. The highest BCUT2D eigenvalue weighted by molar-refractivity contribution is 5.85. The molecule has 1 aromatic rings. The summed E-state index contributed by atoms with van der Waals surface area (Å²) < 4.78 is 16.9. The minimum atomic E-state index is 0. The van der Waals surface area contributed by atoms with Crippen LogP contribution in [0, 0.1) is 5.92 Å². The fourth-order valence-corrected chi connectivity index (χ4v) is 4.34. The molecule has 0 aromatic heterocycles. The van der Waals surface area contributed by atoms with Gasteiger partial charge in [-0.15, -0.1) is 24.8 Å². The predicted octanol–water partition coefficient (Wildman–Crippen LogP) is 3.69. The van der Waals surface area contributed by atoms with Gasteiger partial charge in [-0.1, -0.05) is 12.8 Å². The summed E-state index contributed by atoms with van der Waals surface area (Å²) in [5.74, 6) is 2.95. The Labute approximate surface area is 169 Å². The number of nitrogens with zero attached hydrogens (tertiary/aromatic N) is 1. The summed E-state index contributed by atoms with van der Waals surface area (Å²) in [7, 11) is 5.07. The smallest absolute Gasteiger partial charge is 0.203 e. The van der Waals surface area contributed by atoms with Crippen LogP contribution in [0.1, 0.15) is 37.3 Å². The van der Waals surface area contributed by atoms with Crippen LogP contribution in [0.5, 0.6) is 17.2 Å². The highest BCUT2D eigenvalue weighted by Crippen LogP contribution is 2.48. The molecule has 26 heavy (non-hydrogen) atoms. The van der Waals surface area contributed by atoms with Gasteiger partial charge in [0.15, 0.2) is 11.5 Å². The third-order valence-corrected chi connectivity index (χ3v) is 5.44. The minimum absolute atomic E-state index is 0. The average Bonchev–Trinajstić information content (AvgIpc) is 3.16. The van der Waals surface area contributed by atoms with Crippen LogP contribution in [0.4, 0.5) is 0 Å². The number of methoxy groups -OCH3 is 3. The molecular formula is C19H32Cl2N2O3. The van der Waals surface area contributed by atoms with Gasteiger partial charge in [0.05, 0.1) is 21.3 Å². The van der Waals surface area contributed by atoms with Crippen molar-refractivity contribution >= 4 is 24.8 Å². The zero-order valence-corrected chi connectivity index (χ0v) is 17.6. The molecule has 1 N–H and O–H groups in total. The number of hydrogen-bond donors (Lipinski definition) is 1. The molecule has 1 saturated heterocycles. The molecular weight excluding hydrogens is 375 g/mol. The Hall–Kier alpha value is -0.880. The van der Waals surface area contributed by atoms with E-state index in [9.17, 15) is 0 Å². The monoisotopic (exact) mass is 406 g/mol. The largest absolute Gasteiger partial charge is 0.493 e. The summed E-state index contributed by atoms with van der Waals surface area (Å²) in [5, 5.41) is 3.46. The summed E-state index contributed by atoms with van der Waals surface area (Å²) in [6.07, 6.45) is 5.27. The van der Waals surface area contributed by atoms with Gasteiger partial charge in [0.2, 0.25) is 5.75 Å². The Bertz CT molecular complexity index is 548. The summed E-state index contributed by atoms with van der Waals surface area (Å²) in [6, 6.07) is 4.58. The lowest BCUT2D eigenvalue weighted by Crippen LogP contribution is -2.46. The van der Waals surface area contributed by atoms with Crippen molar-refractivity contribution in [1.29, 1.82) is 0 Å². The first-order chi connectivity index (χ1) is 11.8. The molecule has 1 atom stereocenters. The van der Waals surface area contributed by atoms with Crippen LogP contribution in [0.2, 0.25) is 0 Å². The van der Waals surface area contributed by atoms with E-state index in [1.807, 2.05) is 6.07 Å². The van der Waals surface area contributed by atoms with E-state index in [1.165, 1.54) is 31.2 Å². The number of nitrogens with one attached hydrogen (secondary N) is 1. The highest BCUT2D eigenvalue weighted by atomic mass is 35.5. The van der Waals surface area contributed by atoms with Gasteiger partial charge in [-0.25, -0.2) is 0 Å². The van der Waals surface area contributed by atoms with Gasteiger partial charge < -0.3 is 19.5 Å². The summed E-state index contributed by atoms with van der Waals surface area (Å²) in [6.45, 7) is 4.27. The van der Waals surface area contributed by atoms with Crippen LogP contribution in [-0.2, 0) is 0 Å². The van der Waals surface area contributed by atoms with E-state index < -0.39 is 0 Å². The van der Waals surface area contributed by atoms with Gasteiger partial charge in [-0.2, -0.15) is 0 Å². The number of benzene rings is 1. The minimum Gasteiger partial charge on any atom is -0.493 e. The molecule has 0 radical (unpaired) electrons. The normalized spacial score (nSPS) is 19.2. The highest BCUT2D eigenvalue weighted by Gasteiger charge is 2.35. The molecule has 1 aliphatic heterocycles. The molecule has 3 rings (SSSR count). The molecule has 7 heteroatoms. The second kappa shape index (κ2) is 11.1. The molecule has 0 spiro atoms. The van der Waals surface area contributed by atoms with Crippen molar-refractivity contribution in [2.24, 2.45) is 5.92 Å². The Morgan fingerprint density at radius 1 is 0.923 bits per heavy atom. The number of piperazine rings is 1. The van der Waals surface area contributed by atoms with Crippen molar-refractivity contribution < 1.29 is 14.2 Å². The molecule has 150 valence electrons. The molecule has 1 aliphatic carbocycles. The molecule has 2 fully saturated rings. The molecule has 0 unspecified atom stereocenters. The van der Waals surface area contributed by atoms with E-state index in [4.69, 9.17) is 14.2 Å². The Kier molecular flexibility index (Phi) is 9.86. The molecule has 2 aliphatic rings. The lowest BCUT2D eigenvalue weighted by atomic mass is 9.88. The zero-order chi connectivity index (χ0) is 16.9. The van der Waals surface area contributed by atoms with Gasteiger partial charge >= 0.3 is 0 Å². The van der Waals surface area contributed by atoms with Crippen LogP contribution < -0.4 is 19.5 Å². The van der Waals surface area contributed by atoms with Gasteiger partial charge in [0, 0.05) is 37.8 Å². The van der Waals surface area contributed by atoms with Gasteiger partial charge in [-0.05, 0) is 30.9 Å². The van der Waals surface area contributed by atoms with Crippen molar-refractivity contribution in [2.45, 2.75) is 31.7 Å². The number of halogens is 2. The van der Waals surface area contributed by atoms with E-state index in [0.717, 1.165) is 37.7 Å². The Morgan fingerprint density at radius 2 is 1.54 bits per heavy atom. The van der Waals surface area contributed by atoms with E-state index in [-0.39, 0.29) is 24.8 Å². The van der Waals surface area contributed by atoms with Crippen molar-refractivity contribution in [1.82, 2.24) is 10.2 Å². The molecule has 1 aromatic carbocycles. The number of rotatable bonds is 6. The second-order valence-corrected chi connectivity index (χ2v) is 6.70. The SMILES string of the molecule is COc1ccc([C@H](C2CCCC2)N2CCNCC2)c(OC)c1OC.Cl.Cl. The van der Waals surface area contributed by atoms with Crippen LogP contribution in [0.3, 0.4) is 0 Å². The van der Waals surface area contributed by atoms with E-state index in [2.05, 4.69) is 16.3 Å². The summed E-state index contributed by atoms with van der Waals surface area (Å²) in [4.78, 5) is 2.62. The fourth-order valence-electron chi connectivity index (χ4n) is 4.34. The topological polar surface area (TPSA) is 43.0 Å². The summed E-state index contributed by atoms with van der Waals surface area (Å²) in [5.41, 5.74) is 1.24. The van der Waals surface area contributed by atoms with Crippen LogP contribution in [0.25, 0.3) is 0 Å². The average molecular weight is 407 g/mol. The lowest BCUT2D eigenvalue weighted by molar-refractivity contribution is 0.122. The van der Waals surface area contributed by atoms with Crippen molar-refractivity contribution in [2.75, 3.05) is 47.5 Å². The second-order valence-electron chi connectivity index (χ2n) is 6.70. The Morgan fingerprint density at radius 3 is 2.08 bits per heavy atom. The molecule has 0 amide bonds. The lowest BCUT2D eigenvalue weighted by Gasteiger charge is -2.39. The molecule has 0 bridgehead atoms. The van der Waals surface area contributed by atoms with Gasteiger partial charge in [0.1, 0.15) is 0 Å². The molecule has 1 heterocycles. The van der Waals surface area contributed by atoms with Crippen LogP contribution in [-0.4, -0.2) is 52.4 Å². The van der Waals surface area contributed by atoms with Crippen LogP contribution in [0.15, 0.2) is 12.1 Å². The maximum atomic E-state index is 5.79. The predicted molar refractivity (Wildman–Crippen MR) is 110 cm³/mol. The standard InChI is InChI=1S/C19H30N2O3.2ClH/c1-22-16-9-8-15(18(23-2)19(16)24-3)17(14-6-4-5-7-14)21-12-10-20-11-13-21;;/h8-9,14,17,20H,4-7,10-13H2,1-3H3;2*1H/t17-;;/m0../s1. The van der Waals surface area contributed by atoms with Crippen LogP contribution >= 0.6 is 24.8 Å². The molecule has 1 saturated carbocycles. The van der Waals surface area contributed by atoms with Gasteiger partial charge in [0.25, 0.3) is 0 Å². The van der Waals surface area contributed by atoms with Crippen molar-refractivity contribution in [3.63, 3.8) is 0 Å². The first-order valence-electron chi connectivity index (χ1n) is 9.03. The fraction of sp³-hybridized carbons (Fsp3) is 0.684. The van der Waals surface area contributed by atoms with E-state index >= 15 is 0 Å². The number of hydrogen-bond acceptors (Lipinski definition) is 5. The first kappa shape index (κ1) is 23.2. The van der Waals surface area contributed by atoms with E-state index in [1.54, 1.807) is 21.3 Å². The summed E-state index contributed by atoms with van der Waals surface area (Å²) >= 11 is 0. The van der Waals surface area contributed by atoms with Crippen molar-refractivity contribution in [3.05, 3.63) is 17.7 Å². The third-order valence-electron chi connectivity index (χ3n) is 5.44. The van der Waals surface area contributed by atoms with Crippen molar-refractivity contribution in [3.8, 4) is 17.2 Å². The van der Waals surface area contributed by atoms with Gasteiger partial charge in [-0.3, -0.25) is 4.90 Å². The Balaban J connectivity index is 0.00000169. The quantitative estimate of drug-likeness (QED) is 0.779.